The minimum atomic E-state index is -1.08. The number of carbonyl (C=O) groups excluding carboxylic acids is 1. The molecule has 1 unspecified atom stereocenters. The number of nitrogen functional groups attached to an aromatic ring is 1. The summed E-state index contributed by atoms with van der Waals surface area (Å²) in [5, 5.41) is 7.57. The van der Waals surface area contributed by atoms with Crippen molar-refractivity contribution < 1.29 is 27.1 Å². The zero-order valence-electron chi connectivity index (χ0n) is 17.5. The number of halogens is 3. The van der Waals surface area contributed by atoms with Gasteiger partial charge in [-0.2, -0.15) is 0 Å². The van der Waals surface area contributed by atoms with E-state index >= 15 is 0 Å². The number of hydrogen-bond acceptors (Lipinski definition) is 7. The Bertz CT molecular complexity index is 1370. The molecule has 0 spiro atoms. The van der Waals surface area contributed by atoms with Crippen molar-refractivity contribution in [3.8, 4) is 17.2 Å². The Morgan fingerprint density at radius 2 is 2.03 bits per heavy atom. The number of hydrogen-bond donors (Lipinski definition) is 2. The predicted molar refractivity (Wildman–Crippen MR) is 112 cm³/mol. The third kappa shape index (κ3) is 3.93. The second-order valence-corrected chi connectivity index (χ2v) is 7.57. The second-order valence-electron chi connectivity index (χ2n) is 7.57. The van der Waals surface area contributed by atoms with Crippen molar-refractivity contribution >= 4 is 11.6 Å². The molecule has 1 aliphatic rings. The number of rotatable bonds is 5. The van der Waals surface area contributed by atoms with Gasteiger partial charge in [-0.25, -0.2) is 18.2 Å². The molecule has 3 N–H and O–H groups in total. The van der Waals surface area contributed by atoms with Gasteiger partial charge in [0, 0.05) is 30.3 Å². The van der Waals surface area contributed by atoms with Crippen molar-refractivity contribution in [1.82, 2.24) is 25.1 Å². The van der Waals surface area contributed by atoms with Crippen LogP contribution in [0.4, 0.5) is 18.9 Å². The van der Waals surface area contributed by atoms with Crippen LogP contribution in [0, 0.1) is 17.5 Å². The van der Waals surface area contributed by atoms with Crippen LogP contribution in [0.1, 0.15) is 28.1 Å². The molecule has 1 atom stereocenters. The lowest BCUT2D eigenvalue weighted by atomic mass is 10.0. The molecule has 0 radical (unpaired) electrons. The lowest BCUT2D eigenvalue weighted by molar-refractivity contribution is 0.0544. The molecule has 174 valence electrons. The van der Waals surface area contributed by atoms with E-state index in [4.69, 9.17) is 14.9 Å². The third-order valence-electron chi connectivity index (χ3n) is 5.45. The molecule has 0 bridgehead atoms. The molecule has 4 aromatic rings. The number of nitrogens with zero attached hydrogens (tertiary/aromatic N) is 4. The van der Waals surface area contributed by atoms with Crippen LogP contribution < -0.4 is 10.5 Å². The first kappa shape index (κ1) is 21.5. The molecule has 0 aliphatic carbocycles. The van der Waals surface area contributed by atoms with E-state index in [2.05, 4.69) is 20.2 Å². The van der Waals surface area contributed by atoms with Gasteiger partial charge in [0.1, 0.15) is 24.2 Å². The minimum absolute atomic E-state index is 0.0242. The molecular weight excluding hydrogens is 453 g/mol. The highest BCUT2D eigenvalue weighted by molar-refractivity contribution is 5.90. The summed E-state index contributed by atoms with van der Waals surface area (Å²) in [7, 11) is 0. The summed E-state index contributed by atoms with van der Waals surface area (Å²) in [6.45, 7) is 0.271. The summed E-state index contributed by atoms with van der Waals surface area (Å²) in [5.74, 6) is -3.39. The third-order valence-corrected chi connectivity index (χ3v) is 5.45. The van der Waals surface area contributed by atoms with Gasteiger partial charge in [-0.15, -0.1) is 10.2 Å². The fraction of sp³-hybridized carbons (Fsp3) is 0.182. The minimum Gasteiger partial charge on any atom is -0.489 e. The number of ether oxygens (including phenoxy) is 1. The number of fused-ring (bicyclic) bond motifs is 1. The number of H-pyrrole nitrogens is 1. The number of imidazole rings is 1. The van der Waals surface area contributed by atoms with Crippen LogP contribution in [0.25, 0.3) is 11.5 Å². The molecule has 2 aromatic carbocycles. The number of carbonyl (C=O) groups is 1. The first-order valence-electron chi connectivity index (χ1n) is 10.2. The van der Waals surface area contributed by atoms with E-state index in [1.807, 2.05) is 0 Å². The Balaban J connectivity index is 1.40. The number of amides is 1. The largest absolute Gasteiger partial charge is 0.489 e. The normalized spacial score (nSPS) is 15.3. The van der Waals surface area contributed by atoms with Crippen molar-refractivity contribution in [3.63, 3.8) is 0 Å². The molecule has 2 aromatic heterocycles. The van der Waals surface area contributed by atoms with Gasteiger partial charge in [-0.3, -0.25) is 4.79 Å². The molecule has 9 nitrogen and oxygen atoms in total. The summed E-state index contributed by atoms with van der Waals surface area (Å²) in [5.41, 5.74) is 7.51. The van der Waals surface area contributed by atoms with E-state index in [0.29, 0.717) is 18.7 Å². The first-order chi connectivity index (χ1) is 16.4. The molecule has 0 saturated carbocycles. The van der Waals surface area contributed by atoms with E-state index in [1.165, 1.54) is 29.4 Å². The molecule has 0 saturated heterocycles. The van der Waals surface area contributed by atoms with E-state index in [9.17, 15) is 18.0 Å². The first-order valence-corrected chi connectivity index (χ1v) is 10.2. The number of aromatic nitrogens is 4. The molecule has 1 amide bonds. The number of nitrogens with one attached hydrogen (secondary N) is 1. The van der Waals surface area contributed by atoms with Gasteiger partial charge in [0.05, 0.1) is 17.7 Å². The molecule has 34 heavy (non-hydrogen) atoms. The average Bonchev–Trinajstić information content (AvgIpc) is 3.50. The Hall–Kier alpha value is -4.35. The lowest BCUT2D eigenvalue weighted by Gasteiger charge is -2.33. The van der Waals surface area contributed by atoms with E-state index < -0.39 is 29.4 Å². The standard InChI is InChI=1S/C22H17F3N6O3/c23-12-2-4-18(15(26)8-12)33-9-17-19-16(27-10-28-19)5-6-31(17)22(32)21-30-29-20(34-21)11-1-3-13(24)14(25)7-11/h1-4,7-8,10,17H,5-6,9,26H2,(H,27,28). The van der Waals surface area contributed by atoms with Crippen LogP contribution in [0.2, 0.25) is 0 Å². The average molecular weight is 470 g/mol. The van der Waals surface area contributed by atoms with Crippen LogP contribution >= 0.6 is 0 Å². The maximum Gasteiger partial charge on any atom is 0.312 e. The Morgan fingerprint density at radius 1 is 1.18 bits per heavy atom. The van der Waals surface area contributed by atoms with E-state index in [1.54, 1.807) is 0 Å². The van der Waals surface area contributed by atoms with Crippen molar-refractivity contribution in [2.45, 2.75) is 12.5 Å². The Kier molecular flexibility index (Phi) is 5.40. The van der Waals surface area contributed by atoms with Gasteiger partial charge >= 0.3 is 11.8 Å². The molecule has 12 heteroatoms. The molecule has 0 fully saturated rings. The molecular formula is C22H17F3N6O3. The fourth-order valence-electron chi connectivity index (χ4n) is 3.76. The Morgan fingerprint density at radius 3 is 2.82 bits per heavy atom. The predicted octanol–water partition coefficient (Wildman–Crippen LogP) is 3.28. The van der Waals surface area contributed by atoms with Gasteiger partial charge < -0.3 is 24.8 Å². The topological polar surface area (TPSA) is 123 Å². The van der Waals surface area contributed by atoms with Gasteiger partial charge in [0.2, 0.25) is 5.89 Å². The highest BCUT2D eigenvalue weighted by Gasteiger charge is 2.36. The summed E-state index contributed by atoms with van der Waals surface area (Å²) in [4.78, 5) is 22.1. The fourth-order valence-corrected chi connectivity index (χ4v) is 3.76. The SMILES string of the molecule is Nc1cc(F)ccc1OCC1c2nc[nH]c2CCN1C(=O)c1nnc(-c2ccc(F)c(F)c2)o1. The number of nitrogens with two attached hydrogens (primary N) is 1. The second kappa shape index (κ2) is 8.54. The monoisotopic (exact) mass is 470 g/mol. The van der Waals surface area contributed by atoms with Crippen LogP contribution in [0.3, 0.4) is 0 Å². The van der Waals surface area contributed by atoms with E-state index in [-0.39, 0.29) is 35.4 Å². The zero-order chi connectivity index (χ0) is 23.8. The molecule has 1 aliphatic heterocycles. The van der Waals surface area contributed by atoms with Gasteiger partial charge in [0.25, 0.3) is 0 Å². The smallest absolute Gasteiger partial charge is 0.312 e. The van der Waals surface area contributed by atoms with Crippen molar-refractivity contribution in [2.24, 2.45) is 0 Å². The number of anilines is 1. The van der Waals surface area contributed by atoms with Gasteiger partial charge in [0.15, 0.2) is 11.6 Å². The summed E-state index contributed by atoms with van der Waals surface area (Å²) in [6.07, 6.45) is 2.02. The van der Waals surface area contributed by atoms with Crippen LogP contribution in [-0.2, 0) is 6.42 Å². The maximum absolute atomic E-state index is 13.6. The summed E-state index contributed by atoms with van der Waals surface area (Å²) < 4.78 is 51.4. The van der Waals surface area contributed by atoms with Crippen LogP contribution in [0.5, 0.6) is 5.75 Å². The Labute approximate surface area is 190 Å². The molecule has 5 rings (SSSR count). The van der Waals surface area contributed by atoms with Crippen molar-refractivity contribution in [3.05, 3.63) is 77.5 Å². The highest BCUT2D eigenvalue weighted by Crippen LogP contribution is 2.31. The maximum atomic E-state index is 13.6. The van der Waals surface area contributed by atoms with Crippen LogP contribution in [0.15, 0.2) is 47.1 Å². The zero-order valence-corrected chi connectivity index (χ0v) is 17.5. The lowest BCUT2D eigenvalue weighted by Crippen LogP contribution is -2.42. The van der Waals surface area contributed by atoms with E-state index in [0.717, 1.165) is 23.9 Å². The van der Waals surface area contributed by atoms with Crippen molar-refractivity contribution in [2.75, 3.05) is 18.9 Å². The van der Waals surface area contributed by atoms with Crippen LogP contribution in [-0.4, -0.2) is 44.1 Å². The molecule has 3 heterocycles. The summed E-state index contributed by atoms with van der Waals surface area (Å²) >= 11 is 0. The van der Waals surface area contributed by atoms with Gasteiger partial charge in [-0.05, 0) is 30.3 Å². The number of benzene rings is 2. The highest BCUT2D eigenvalue weighted by atomic mass is 19.2. The van der Waals surface area contributed by atoms with Crippen molar-refractivity contribution in [1.29, 1.82) is 0 Å². The quantitative estimate of drug-likeness (QED) is 0.429. The number of aromatic amines is 1. The summed E-state index contributed by atoms with van der Waals surface area (Å²) in [6, 6.07) is 6.21. The van der Waals surface area contributed by atoms with Gasteiger partial charge in [-0.1, -0.05) is 0 Å².